The van der Waals surface area contributed by atoms with Crippen LogP contribution in [0.1, 0.15) is 32.8 Å². The van der Waals surface area contributed by atoms with Gasteiger partial charge in [0, 0.05) is 13.1 Å². The van der Waals surface area contributed by atoms with E-state index in [4.69, 9.17) is 4.74 Å². The van der Waals surface area contributed by atoms with Crippen molar-refractivity contribution in [2.24, 2.45) is 0 Å². The van der Waals surface area contributed by atoms with Gasteiger partial charge in [0.25, 0.3) is 0 Å². The average Bonchev–Trinajstić information content (AvgIpc) is 2.38. The summed E-state index contributed by atoms with van der Waals surface area (Å²) >= 11 is 0. The zero-order valence-corrected chi connectivity index (χ0v) is 12.0. The van der Waals surface area contributed by atoms with Crippen LogP contribution in [0.5, 0.6) is 5.75 Å². The van der Waals surface area contributed by atoms with E-state index in [0.29, 0.717) is 13.1 Å². The third-order valence-corrected chi connectivity index (χ3v) is 2.48. The lowest BCUT2D eigenvalue weighted by Crippen LogP contribution is -2.33. The van der Waals surface area contributed by atoms with Crippen LogP contribution in [-0.4, -0.2) is 25.1 Å². The summed E-state index contributed by atoms with van der Waals surface area (Å²) in [5, 5.41) is 5.95. The number of rotatable bonds is 8. The first-order valence-electron chi connectivity index (χ1n) is 6.84. The van der Waals surface area contributed by atoms with E-state index in [1.807, 2.05) is 45.0 Å². The number of hydrogen-bond acceptors (Lipinski definition) is 3. The molecule has 1 amide bonds. The van der Waals surface area contributed by atoms with Crippen LogP contribution in [-0.2, 0) is 11.3 Å². The first-order valence-corrected chi connectivity index (χ1v) is 6.84. The van der Waals surface area contributed by atoms with Crippen molar-refractivity contribution in [1.82, 2.24) is 10.6 Å². The molecule has 1 rings (SSSR count). The standard InChI is InChI=1S/C15H24N2O2/c1-4-9-17-15(18)11-16-10-13-5-7-14(8-6-13)19-12(2)3/h5-8,12,16H,4,9-11H2,1-3H3,(H,17,18). The molecule has 0 unspecified atom stereocenters. The van der Waals surface area contributed by atoms with Gasteiger partial charge in [0.05, 0.1) is 12.6 Å². The van der Waals surface area contributed by atoms with Crippen LogP contribution >= 0.6 is 0 Å². The van der Waals surface area contributed by atoms with Gasteiger partial charge in [-0.3, -0.25) is 4.79 Å². The van der Waals surface area contributed by atoms with Gasteiger partial charge in [0.15, 0.2) is 0 Å². The molecule has 0 aliphatic carbocycles. The highest BCUT2D eigenvalue weighted by atomic mass is 16.5. The van der Waals surface area contributed by atoms with Crippen LogP contribution in [0, 0.1) is 0 Å². The Kier molecular flexibility index (Phi) is 6.97. The van der Waals surface area contributed by atoms with Crippen LogP contribution in [0.15, 0.2) is 24.3 Å². The van der Waals surface area contributed by atoms with Crippen molar-refractivity contribution in [2.75, 3.05) is 13.1 Å². The minimum Gasteiger partial charge on any atom is -0.491 e. The topological polar surface area (TPSA) is 50.4 Å². The smallest absolute Gasteiger partial charge is 0.233 e. The van der Waals surface area contributed by atoms with Crippen molar-refractivity contribution in [1.29, 1.82) is 0 Å². The molecular formula is C15H24N2O2. The monoisotopic (exact) mass is 264 g/mol. The number of hydrogen-bond donors (Lipinski definition) is 2. The van der Waals surface area contributed by atoms with Crippen molar-refractivity contribution in [3.63, 3.8) is 0 Å². The molecule has 0 radical (unpaired) electrons. The van der Waals surface area contributed by atoms with E-state index >= 15 is 0 Å². The van der Waals surface area contributed by atoms with E-state index in [-0.39, 0.29) is 12.0 Å². The van der Waals surface area contributed by atoms with Gasteiger partial charge in [-0.25, -0.2) is 0 Å². The Bertz CT molecular complexity index is 374. The summed E-state index contributed by atoms with van der Waals surface area (Å²) in [7, 11) is 0. The Morgan fingerprint density at radius 3 is 2.53 bits per heavy atom. The normalized spacial score (nSPS) is 10.5. The molecule has 0 atom stereocenters. The summed E-state index contributed by atoms with van der Waals surface area (Å²) in [6.45, 7) is 7.82. The molecule has 4 heteroatoms. The summed E-state index contributed by atoms with van der Waals surface area (Å²) in [4.78, 5) is 11.4. The second-order valence-corrected chi connectivity index (χ2v) is 4.76. The Balaban J connectivity index is 2.28. The SMILES string of the molecule is CCCNC(=O)CNCc1ccc(OC(C)C)cc1. The minimum absolute atomic E-state index is 0.0432. The zero-order valence-electron chi connectivity index (χ0n) is 12.0. The van der Waals surface area contributed by atoms with Crippen molar-refractivity contribution >= 4 is 5.91 Å². The molecule has 4 nitrogen and oxygen atoms in total. The number of nitrogens with one attached hydrogen (secondary N) is 2. The number of ether oxygens (including phenoxy) is 1. The van der Waals surface area contributed by atoms with Gasteiger partial charge in [-0.2, -0.15) is 0 Å². The fraction of sp³-hybridized carbons (Fsp3) is 0.533. The number of amides is 1. The van der Waals surface area contributed by atoms with E-state index in [9.17, 15) is 4.79 Å². The Hall–Kier alpha value is -1.55. The van der Waals surface area contributed by atoms with Gasteiger partial charge < -0.3 is 15.4 Å². The highest BCUT2D eigenvalue weighted by Crippen LogP contribution is 2.13. The zero-order chi connectivity index (χ0) is 14.1. The summed E-state index contributed by atoms with van der Waals surface area (Å²) in [5.74, 6) is 0.918. The molecule has 0 bridgehead atoms. The third-order valence-electron chi connectivity index (χ3n) is 2.48. The maximum absolute atomic E-state index is 11.4. The molecule has 0 aromatic heterocycles. The second kappa shape index (κ2) is 8.53. The lowest BCUT2D eigenvalue weighted by Gasteiger charge is -2.10. The summed E-state index contributed by atoms with van der Waals surface area (Å²) < 4.78 is 5.57. The maximum atomic E-state index is 11.4. The van der Waals surface area contributed by atoms with E-state index in [2.05, 4.69) is 10.6 Å². The predicted octanol–water partition coefficient (Wildman–Crippen LogP) is 2.09. The van der Waals surface area contributed by atoms with Gasteiger partial charge in [-0.05, 0) is 38.0 Å². The lowest BCUT2D eigenvalue weighted by molar-refractivity contribution is -0.120. The fourth-order valence-corrected chi connectivity index (χ4v) is 1.61. The predicted molar refractivity (Wildman–Crippen MR) is 77.2 cm³/mol. The van der Waals surface area contributed by atoms with Gasteiger partial charge in [0.2, 0.25) is 5.91 Å². The van der Waals surface area contributed by atoms with Crippen LogP contribution in [0.4, 0.5) is 0 Å². The summed E-state index contributed by atoms with van der Waals surface area (Å²) in [6, 6.07) is 7.92. The number of benzene rings is 1. The van der Waals surface area contributed by atoms with Crippen LogP contribution in [0.2, 0.25) is 0 Å². The number of carbonyl (C=O) groups excluding carboxylic acids is 1. The van der Waals surface area contributed by atoms with E-state index in [1.165, 1.54) is 0 Å². The minimum atomic E-state index is 0.0432. The van der Waals surface area contributed by atoms with Crippen molar-refractivity contribution in [3.8, 4) is 5.75 Å². The third kappa shape index (κ3) is 6.82. The van der Waals surface area contributed by atoms with Gasteiger partial charge in [0.1, 0.15) is 5.75 Å². The van der Waals surface area contributed by atoms with Crippen LogP contribution in [0.25, 0.3) is 0 Å². The molecule has 0 aliphatic heterocycles. The van der Waals surface area contributed by atoms with E-state index in [0.717, 1.165) is 24.3 Å². The van der Waals surface area contributed by atoms with E-state index < -0.39 is 0 Å². The Labute approximate surface area is 115 Å². The van der Waals surface area contributed by atoms with Crippen LogP contribution in [0.3, 0.4) is 0 Å². The summed E-state index contributed by atoms with van der Waals surface area (Å²) in [6.07, 6.45) is 1.15. The molecule has 0 saturated heterocycles. The first kappa shape index (κ1) is 15.5. The lowest BCUT2D eigenvalue weighted by atomic mass is 10.2. The van der Waals surface area contributed by atoms with E-state index in [1.54, 1.807) is 0 Å². The first-order chi connectivity index (χ1) is 9.11. The average molecular weight is 264 g/mol. The molecule has 106 valence electrons. The quantitative estimate of drug-likeness (QED) is 0.756. The maximum Gasteiger partial charge on any atom is 0.233 e. The molecular weight excluding hydrogens is 240 g/mol. The van der Waals surface area contributed by atoms with Gasteiger partial charge in [-0.1, -0.05) is 19.1 Å². The Morgan fingerprint density at radius 2 is 1.95 bits per heavy atom. The second-order valence-electron chi connectivity index (χ2n) is 4.76. The molecule has 1 aromatic carbocycles. The molecule has 0 aliphatic rings. The Morgan fingerprint density at radius 1 is 1.26 bits per heavy atom. The molecule has 19 heavy (non-hydrogen) atoms. The summed E-state index contributed by atoms with van der Waals surface area (Å²) in [5.41, 5.74) is 1.14. The fourth-order valence-electron chi connectivity index (χ4n) is 1.61. The largest absolute Gasteiger partial charge is 0.491 e. The van der Waals surface area contributed by atoms with Crippen molar-refractivity contribution < 1.29 is 9.53 Å². The highest BCUT2D eigenvalue weighted by molar-refractivity contribution is 5.77. The molecule has 0 heterocycles. The molecule has 0 saturated carbocycles. The van der Waals surface area contributed by atoms with Crippen LogP contribution < -0.4 is 15.4 Å². The molecule has 0 fully saturated rings. The van der Waals surface area contributed by atoms with Gasteiger partial charge in [-0.15, -0.1) is 0 Å². The molecule has 1 aromatic rings. The van der Waals surface area contributed by atoms with Gasteiger partial charge >= 0.3 is 0 Å². The highest BCUT2D eigenvalue weighted by Gasteiger charge is 2.00. The number of carbonyl (C=O) groups is 1. The van der Waals surface area contributed by atoms with Crippen molar-refractivity contribution in [3.05, 3.63) is 29.8 Å². The van der Waals surface area contributed by atoms with Crippen molar-refractivity contribution in [2.45, 2.75) is 39.8 Å². The molecule has 0 spiro atoms. The molecule has 2 N–H and O–H groups in total.